The molecule has 0 unspecified atom stereocenters. The van der Waals surface area contributed by atoms with Crippen molar-refractivity contribution in [1.29, 1.82) is 0 Å². The predicted molar refractivity (Wildman–Crippen MR) is 136 cm³/mol. The van der Waals surface area contributed by atoms with E-state index in [1.165, 1.54) is 11.1 Å². The topological polar surface area (TPSA) is 53.5 Å². The molecule has 1 aliphatic rings. The van der Waals surface area contributed by atoms with E-state index in [0.717, 1.165) is 72.2 Å². The zero-order valence-corrected chi connectivity index (χ0v) is 19.9. The molecular formula is C26H29N5OS. The van der Waals surface area contributed by atoms with Crippen molar-refractivity contribution in [3.8, 4) is 16.9 Å². The van der Waals surface area contributed by atoms with Gasteiger partial charge in [0.1, 0.15) is 22.7 Å². The zero-order chi connectivity index (χ0) is 22.6. The van der Waals surface area contributed by atoms with E-state index in [0.29, 0.717) is 0 Å². The first-order chi connectivity index (χ1) is 16.2. The molecule has 4 aromatic rings. The van der Waals surface area contributed by atoms with E-state index in [1.54, 1.807) is 24.8 Å². The number of rotatable bonds is 7. The van der Waals surface area contributed by atoms with E-state index in [4.69, 9.17) is 4.74 Å². The van der Waals surface area contributed by atoms with E-state index >= 15 is 0 Å². The Kier molecular flexibility index (Phi) is 6.53. The van der Waals surface area contributed by atoms with Crippen molar-refractivity contribution in [2.24, 2.45) is 0 Å². The van der Waals surface area contributed by atoms with Gasteiger partial charge in [-0.1, -0.05) is 36.4 Å². The van der Waals surface area contributed by atoms with Crippen LogP contribution in [0.4, 0.5) is 5.82 Å². The molecule has 0 aliphatic carbocycles. The third-order valence-corrected chi connectivity index (χ3v) is 7.14. The molecule has 170 valence electrons. The SMILES string of the molecule is COc1ccc(-c2csc3ncnc(NCc4ccc(CN5CCN(C)CC5)cc4)c23)cc1. The van der Waals surface area contributed by atoms with Gasteiger partial charge in [-0.25, -0.2) is 9.97 Å². The fraction of sp³-hybridized carbons (Fsp3) is 0.308. The van der Waals surface area contributed by atoms with Gasteiger partial charge in [-0.3, -0.25) is 4.90 Å². The molecule has 1 fully saturated rings. The predicted octanol–water partition coefficient (Wildman–Crippen LogP) is 4.73. The van der Waals surface area contributed by atoms with Crippen molar-refractivity contribution < 1.29 is 4.74 Å². The second kappa shape index (κ2) is 9.87. The van der Waals surface area contributed by atoms with Crippen molar-refractivity contribution in [3.63, 3.8) is 0 Å². The Labute approximate surface area is 198 Å². The zero-order valence-electron chi connectivity index (χ0n) is 19.1. The van der Waals surface area contributed by atoms with Crippen LogP contribution in [0.3, 0.4) is 0 Å². The third kappa shape index (κ3) is 5.00. The smallest absolute Gasteiger partial charge is 0.139 e. The molecule has 0 amide bonds. The summed E-state index contributed by atoms with van der Waals surface area (Å²) in [5.74, 6) is 1.72. The van der Waals surface area contributed by atoms with Crippen LogP contribution in [0.25, 0.3) is 21.3 Å². The summed E-state index contributed by atoms with van der Waals surface area (Å²) in [6, 6.07) is 17.1. The van der Waals surface area contributed by atoms with Gasteiger partial charge in [-0.05, 0) is 35.9 Å². The van der Waals surface area contributed by atoms with Crippen LogP contribution >= 0.6 is 11.3 Å². The van der Waals surface area contributed by atoms with Gasteiger partial charge >= 0.3 is 0 Å². The molecule has 0 radical (unpaired) electrons. The average Bonchev–Trinajstić information content (AvgIpc) is 3.30. The Hall–Kier alpha value is -3.00. The van der Waals surface area contributed by atoms with Gasteiger partial charge in [0.05, 0.1) is 12.5 Å². The van der Waals surface area contributed by atoms with Crippen molar-refractivity contribution >= 4 is 27.4 Å². The third-order valence-electron chi connectivity index (χ3n) is 6.26. The molecule has 3 heterocycles. The van der Waals surface area contributed by atoms with Crippen LogP contribution in [0.15, 0.2) is 60.2 Å². The summed E-state index contributed by atoms with van der Waals surface area (Å²) in [5, 5.41) is 6.76. The largest absolute Gasteiger partial charge is 0.497 e. The molecule has 0 atom stereocenters. The monoisotopic (exact) mass is 459 g/mol. The molecule has 1 N–H and O–H groups in total. The lowest BCUT2D eigenvalue weighted by atomic mass is 10.1. The number of anilines is 1. The lowest BCUT2D eigenvalue weighted by molar-refractivity contribution is 0.148. The lowest BCUT2D eigenvalue weighted by Crippen LogP contribution is -2.43. The minimum Gasteiger partial charge on any atom is -0.497 e. The number of benzene rings is 2. The number of nitrogens with one attached hydrogen (secondary N) is 1. The van der Waals surface area contributed by atoms with E-state index < -0.39 is 0 Å². The summed E-state index contributed by atoms with van der Waals surface area (Å²) in [5.41, 5.74) is 4.88. The van der Waals surface area contributed by atoms with E-state index in [9.17, 15) is 0 Å². The molecule has 0 bridgehead atoms. The number of fused-ring (bicyclic) bond motifs is 1. The van der Waals surface area contributed by atoms with Crippen LogP contribution in [0, 0.1) is 0 Å². The van der Waals surface area contributed by atoms with Crippen LogP contribution < -0.4 is 10.1 Å². The number of hydrogen-bond donors (Lipinski definition) is 1. The van der Waals surface area contributed by atoms with Crippen molar-refractivity contribution in [1.82, 2.24) is 19.8 Å². The van der Waals surface area contributed by atoms with E-state index in [-0.39, 0.29) is 0 Å². The average molecular weight is 460 g/mol. The molecule has 2 aromatic carbocycles. The van der Waals surface area contributed by atoms with Gasteiger partial charge in [0.15, 0.2) is 0 Å². The van der Waals surface area contributed by atoms with Gasteiger partial charge in [0.2, 0.25) is 0 Å². The number of likely N-dealkylation sites (N-methyl/N-ethyl adjacent to an activating group) is 1. The number of piperazine rings is 1. The highest BCUT2D eigenvalue weighted by Gasteiger charge is 2.15. The molecule has 0 spiro atoms. The maximum absolute atomic E-state index is 5.30. The quantitative estimate of drug-likeness (QED) is 0.431. The van der Waals surface area contributed by atoms with Crippen LogP contribution in [-0.4, -0.2) is 60.1 Å². The summed E-state index contributed by atoms with van der Waals surface area (Å²) in [4.78, 5) is 15.0. The summed E-state index contributed by atoms with van der Waals surface area (Å²) >= 11 is 1.64. The number of aromatic nitrogens is 2. The highest BCUT2D eigenvalue weighted by molar-refractivity contribution is 7.17. The molecular weight excluding hydrogens is 430 g/mol. The first-order valence-electron chi connectivity index (χ1n) is 11.3. The van der Waals surface area contributed by atoms with Crippen LogP contribution in [0.5, 0.6) is 5.75 Å². The highest BCUT2D eigenvalue weighted by atomic mass is 32.1. The number of thiophene rings is 1. The Bertz CT molecular complexity index is 1200. The summed E-state index contributed by atoms with van der Waals surface area (Å²) in [6.07, 6.45) is 1.64. The number of ether oxygens (including phenoxy) is 1. The van der Waals surface area contributed by atoms with Crippen LogP contribution in [0.1, 0.15) is 11.1 Å². The first kappa shape index (κ1) is 21.8. The van der Waals surface area contributed by atoms with E-state index in [1.807, 2.05) is 12.1 Å². The minimum atomic E-state index is 0.721. The van der Waals surface area contributed by atoms with E-state index in [2.05, 4.69) is 73.9 Å². The lowest BCUT2D eigenvalue weighted by Gasteiger charge is -2.32. The first-order valence-corrected chi connectivity index (χ1v) is 12.2. The number of methoxy groups -OCH3 is 1. The number of nitrogens with zero attached hydrogens (tertiary/aromatic N) is 4. The second-order valence-corrected chi connectivity index (χ2v) is 9.39. The summed E-state index contributed by atoms with van der Waals surface area (Å²) < 4.78 is 5.30. The van der Waals surface area contributed by atoms with Crippen molar-refractivity contribution in [3.05, 3.63) is 71.4 Å². The fourth-order valence-corrected chi connectivity index (χ4v) is 5.12. The Morgan fingerprint density at radius 3 is 2.39 bits per heavy atom. The van der Waals surface area contributed by atoms with Gasteiger partial charge < -0.3 is 15.0 Å². The maximum atomic E-state index is 5.30. The number of hydrogen-bond acceptors (Lipinski definition) is 7. The summed E-state index contributed by atoms with van der Waals surface area (Å²) in [6.45, 7) is 6.32. The second-order valence-electron chi connectivity index (χ2n) is 8.53. The maximum Gasteiger partial charge on any atom is 0.139 e. The Balaban J connectivity index is 1.29. The molecule has 1 saturated heterocycles. The molecule has 0 saturated carbocycles. The molecule has 6 nitrogen and oxygen atoms in total. The van der Waals surface area contributed by atoms with Crippen molar-refractivity contribution in [2.75, 3.05) is 45.7 Å². The Morgan fingerprint density at radius 1 is 0.939 bits per heavy atom. The Morgan fingerprint density at radius 2 is 1.67 bits per heavy atom. The molecule has 1 aliphatic heterocycles. The van der Waals surface area contributed by atoms with Gasteiger partial charge in [-0.2, -0.15) is 0 Å². The standard InChI is InChI=1S/C26H29N5OS/c1-30-11-13-31(14-12-30)16-20-5-3-19(4-6-20)15-27-25-24-23(17-33-26(24)29-18-28-25)21-7-9-22(32-2)10-8-21/h3-10,17-18H,11-16H2,1-2H3,(H,27,28,29). The minimum absolute atomic E-state index is 0.721. The van der Waals surface area contributed by atoms with Crippen LogP contribution in [-0.2, 0) is 13.1 Å². The molecule has 5 rings (SSSR count). The molecule has 33 heavy (non-hydrogen) atoms. The summed E-state index contributed by atoms with van der Waals surface area (Å²) in [7, 11) is 3.88. The molecule has 7 heteroatoms. The molecule has 2 aromatic heterocycles. The van der Waals surface area contributed by atoms with Gasteiger partial charge in [0, 0.05) is 50.2 Å². The fourth-order valence-electron chi connectivity index (χ4n) is 4.20. The normalized spacial score (nSPS) is 15.1. The van der Waals surface area contributed by atoms with Crippen molar-refractivity contribution in [2.45, 2.75) is 13.1 Å². The highest BCUT2D eigenvalue weighted by Crippen LogP contribution is 2.37. The van der Waals surface area contributed by atoms with Crippen LogP contribution in [0.2, 0.25) is 0 Å². The van der Waals surface area contributed by atoms with Gasteiger partial charge in [0.25, 0.3) is 0 Å². The van der Waals surface area contributed by atoms with Gasteiger partial charge in [-0.15, -0.1) is 11.3 Å².